The molecule has 1 amide bonds. The molecule has 0 aliphatic carbocycles. The Morgan fingerprint density at radius 3 is 2.71 bits per heavy atom. The van der Waals surface area contributed by atoms with Crippen molar-refractivity contribution < 1.29 is 9.52 Å². The Kier molecular flexibility index (Phi) is 5.43. The molecule has 1 N–H and O–H groups in total. The Bertz CT molecular complexity index is 658. The molecule has 0 unspecified atom stereocenters. The number of amides is 1. The number of benzene rings is 1. The molecule has 2 heterocycles. The Morgan fingerprint density at radius 1 is 1.21 bits per heavy atom. The SMILES string of the molecule is O=C(N[C@H]1CCCN(CCc2ccccc2)C1)c1cc[n+]([O-])cc1. The second-order valence-corrected chi connectivity index (χ2v) is 6.30. The predicted molar refractivity (Wildman–Crippen MR) is 92.5 cm³/mol. The van der Waals surface area contributed by atoms with Crippen LogP contribution in [0.4, 0.5) is 0 Å². The number of aromatic nitrogens is 1. The summed E-state index contributed by atoms with van der Waals surface area (Å²) >= 11 is 0. The van der Waals surface area contributed by atoms with Crippen molar-refractivity contribution >= 4 is 5.91 Å². The lowest BCUT2D eigenvalue weighted by atomic mass is 10.0. The van der Waals surface area contributed by atoms with Crippen LogP contribution in [0.1, 0.15) is 28.8 Å². The van der Waals surface area contributed by atoms with E-state index in [9.17, 15) is 10.0 Å². The van der Waals surface area contributed by atoms with Crippen LogP contribution in [0.2, 0.25) is 0 Å². The van der Waals surface area contributed by atoms with Crippen LogP contribution in [0.15, 0.2) is 54.9 Å². The summed E-state index contributed by atoms with van der Waals surface area (Å²) in [6.45, 7) is 2.98. The van der Waals surface area contributed by atoms with Gasteiger partial charge in [0, 0.05) is 31.3 Å². The van der Waals surface area contributed by atoms with Gasteiger partial charge in [-0.1, -0.05) is 30.3 Å². The monoisotopic (exact) mass is 325 g/mol. The molecule has 126 valence electrons. The molecule has 1 aliphatic heterocycles. The van der Waals surface area contributed by atoms with Crippen LogP contribution in [0, 0.1) is 5.21 Å². The van der Waals surface area contributed by atoms with E-state index in [1.165, 1.54) is 18.0 Å². The summed E-state index contributed by atoms with van der Waals surface area (Å²) in [5.41, 5.74) is 1.88. The minimum Gasteiger partial charge on any atom is -0.619 e. The number of pyridine rings is 1. The van der Waals surface area contributed by atoms with Crippen LogP contribution < -0.4 is 10.0 Å². The van der Waals surface area contributed by atoms with Gasteiger partial charge in [0.05, 0.1) is 5.56 Å². The third-order valence-corrected chi connectivity index (χ3v) is 4.46. The van der Waals surface area contributed by atoms with Crippen molar-refractivity contribution in [3.63, 3.8) is 0 Å². The predicted octanol–water partition coefficient (Wildman–Crippen LogP) is 1.76. The van der Waals surface area contributed by atoms with Gasteiger partial charge in [-0.25, -0.2) is 0 Å². The zero-order valence-corrected chi connectivity index (χ0v) is 13.7. The molecule has 2 aromatic rings. The first-order chi connectivity index (χ1) is 11.7. The summed E-state index contributed by atoms with van der Waals surface area (Å²) in [7, 11) is 0. The standard InChI is InChI=1S/C19H23N3O2/c23-19(17-9-13-22(24)14-10-17)20-18-7-4-11-21(15-18)12-8-16-5-2-1-3-6-16/h1-3,5-6,9-10,13-14,18H,4,7-8,11-12,15H2,(H,20,23)/t18-/m0/s1. The molecule has 1 aliphatic rings. The molecule has 1 fully saturated rings. The minimum absolute atomic E-state index is 0.106. The molecule has 0 spiro atoms. The van der Waals surface area contributed by atoms with Crippen LogP contribution in [-0.2, 0) is 6.42 Å². The van der Waals surface area contributed by atoms with Gasteiger partial charge >= 0.3 is 0 Å². The van der Waals surface area contributed by atoms with Gasteiger partial charge in [0.1, 0.15) is 0 Å². The summed E-state index contributed by atoms with van der Waals surface area (Å²) in [5, 5.41) is 14.1. The quantitative estimate of drug-likeness (QED) is 0.673. The first-order valence-corrected chi connectivity index (χ1v) is 8.47. The largest absolute Gasteiger partial charge is 0.619 e. The molecule has 1 atom stereocenters. The van der Waals surface area contributed by atoms with Gasteiger partial charge in [-0.2, -0.15) is 4.73 Å². The molecule has 0 bridgehead atoms. The molecule has 1 aromatic carbocycles. The number of carbonyl (C=O) groups is 1. The van der Waals surface area contributed by atoms with Crippen LogP contribution in [0.3, 0.4) is 0 Å². The van der Waals surface area contributed by atoms with Gasteiger partial charge in [0.25, 0.3) is 5.91 Å². The molecule has 5 heteroatoms. The third-order valence-electron chi connectivity index (χ3n) is 4.46. The third kappa shape index (κ3) is 4.55. The topological polar surface area (TPSA) is 59.3 Å². The van der Waals surface area contributed by atoms with E-state index in [1.807, 2.05) is 6.07 Å². The van der Waals surface area contributed by atoms with Crippen molar-refractivity contribution in [2.45, 2.75) is 25.3 Å². The highest BCUT2D eigenvalue weighted by Crippen LogP contribution is 2.12. The summed E-state index contributed by atoms with van der Waals surface area (Å²) in [6.07, 6.45) is 5.82. The maximum absolute atomic E-state index is 12.3. The van der Waals surface area contributed by atoms with Crippen LogP contribution in [-0.4, -0.2) is 36.5 Å². The molecule has 3 rings (SSSR count). The van der Waals surface area contributed by atoms with E-state index in [0.717, 1.165) is 38.9 Å². The molecular weight excluding hydrogens is 302 g/mol. The van der Waals surface area contributed by atoms with Crippen molar-refractivity contribution in [3.8, 4) is 0 Å². The Balaban J connectivity index is 1.50. The van der Waals surface area contributed by atoms with Crippen LogP contribution >= 0.6 is 0 Å². The number of hydrogen-bond donors (Lipinski definition) is 1. The fourth-order valence-corrected chi connectivity index (χ4v) is 3.14. The Hall–Kier alpha value is -2.40. The fourth-order valence-electron chi connectivity index (χ4n) is 3.14. The Labute approximate surface area is 142 Å². The van der Waals surface area contributed by atoms with E-state index in [-0.39, 0.29) is 11.9 Å². The van der Waals surface area contributed by atoms with Gasteiger partial charge in [-0.05, 0) is 31.4 Å². The summed E-state index contributed by atoms with van der Waals surface area (Å²) in [6, 6.07) is 13.8. The van der Waals surface area contributed by atoms with E-state index in [1.54, 1.807) is 12.1 Å². The van der Waals surface area contributed by atoms with Gasteiger partial charge < -0.3 is 15.4 Å². The summed E-state index contributed by atoms with van der Waals surface area (Å²) in [4.78, 5) is 14.7. The number of nitrogens with one attached hydrogen (secondary N) is 1. The smallest absolute Gasteiger partial charge is 0.251 e. The maximum Gasteiger partial charge on any atom is 0.251 e. The number of nitrogens with zero attached hydrogens (tertiary/aromatic N) is 2. The number of rotatable bonds is 5. The van der Waals surface area contributed by atoms with Crippen molar-refractivity contribution in [3.05, 3.63) is 71.2 Å². The number of carbonyl (C=O) groups excluding carboxylic acids is 1. The number of piperidine rings is 1. The fraction of sp³-hybridized carbons (Fsp3) is 0.368. The maximum atomic E-state index is 12.3. The molecule has 5 nitrogen and oxygen atoms in total. The van der Waals surface area contributed by atoms with Gasteiger partial charge in [0.2, 0.25) is 0 Å². The molecule has 24 heavy (non-hydrogen) atoms. The van der Waals surface area contributed by atoms with E-state index in [2.05, 4.69) is 34.5 Å². The normalized spacial score (nSPS) is 18.2. The zero-order chi connectivity index (χ0) is 16.8. The van der Waals surface area contributed by atoms with Crippen LogP contribution in [0.5, 0.6) is 0 Å². The molecule has 0 radical (unpaired) electrons. The van der Waals surface area contributed by atoms with E-state index < -0.39 is 0 Å². The molecule has 0 saturated carbocycles. The van der Waals surface area contributed by atoms with E-state index in [0.29, 0.717) is 10.3 Å². The molecular formula is C19H23N3O2. The number of likely N-dealkylation sites (tertiary alicyclic amines) is 1. The van der Waals surface area contributed by atoms with Gasteiger partial charge in [0.15, 0.2) is 12.4 Å². The second kappa shape index (κ2) is 7.93. The van der Waals surface area contributed by atoms with E-state index in [4.69, 9.17) is 0 Å². The van der Waals surface area contributed by atoms with Crippen molar-refractivity contribution in [1.82, 2.24) is 10.2 Å². The van der Waals surface area contributed by atoms with Crippen molar-refractivity contribution in [1.29, 1.82) is 0 Å². The Morgan fingerprint density at radius 2 is 1.96 bits per heavy atom. The second-order valence-electron chi connectivity index (χ2n) is 6.30. The average molecular weight is 325 g/mol. The zero-order valence-electron chi connectivity index (χ0n) is 13.7. The lowest BCUT2D eigenvalue weighted by molar-refractivity contribution is -0.605. The lowest BCUT2D eigenvalue weighted by Crippen LogP contribution is -2.48. The first-order valence-electron chi connectivity index (χ1n) is 8.47. The average Bonchev–Trinajstić information content (AvgIpc) is 2.62. The van der Waals surface area contributed by atoms with Gasteiger partial charge in [-0.3, -0.25) is 4.79 Å². The molecule has 1 saturated heterocycles. The minimum atomic E-state index is -0.106. The van der Waals surface area contributed by atoms with E-state index >= 15 is 0 Å². The van der Waals surface area contributed by atoms with Crippen molar-refractivity contribution in [2.75, 3.05) is 19.6 Å². The van der Waals surface area contributed by atoms with Gasteiger partial charge in [-0.15, -0.1) is 0 Å². The van der Waals surface area contributed by atoms with Crippen LogP contribution in [0.25, 0.3) is 0 Å². The highest BCUT2D eigenvalue weighted by Gasteiger charge is 2.21. The first kappa shape index (κ1) is 16.5. The lowest BCUT2D eigenvalue weighted by Gasteiger charge is -2.33. The highest BCUT2D eigenvalue weighted by atomic mass is 16.5. The summed E-state index contributed by atoms with van der Waals surface area (Å²) < 4.78 is 0.683. The highest BCUT2D eigenvalue weighted by molar-refractivity contribution is 5.94. The number of hydrogen-bond acceptors (Lipinski definition) is 3. The molecule has 1 aromatic heterocycles. The summed E-state index contributed by atoms with van der Waals surface area (Å²) in [5.74, 6) is -0.106. The van der Waals surface area contributed by atoms with Crippen molar-refractivity contribution in [2.24, 2.45) is 0 Å².